The van der Waals surface area contributed by atoms with Crippen molar-refractivity contribution in [2.75, 3.05) is 26.1 Å². The first-order valence-electron chi connectivity index (χ1n) is 10.9. The molecular formula is C25H23N3O7S2. The highest BCUT2D eigenvalue weighted by Crippen LogP contribution is 2.35. The SMILES string of the molecule is COC(=O)Cn1c(=NC(=O)c2ccc(NS(=O)(=O)c3ccccc3)cc2)sc2c(OC)ccc(OC)c21. The maximum Gasteiger partial charge on any atom is 0.325 e. The first kappa shape index (κ1) is 25.9. The van der Waals surface area contributed by atoms with Gasteiger partial charge in [0.1, 0.15) is 28.3 Å². The third-order valence-electron chi connectivity index (χ3n) is 5.34. The standard InChI is InChI=1S/C25H23N3O7S2/c1-33-19-13-14-20(34-2)23-22(19)28(15-21(29)35-3)25(36-23)26-24(30)16-9-11-17(12-10-16)27-37(31,32)18-7-5-4-6-8-18/h4-14,27H,15H2,1-3H3. The summed E-state index contributed by atoms with van der Waals surface area (Å²) in [7, 11) is 0.510. The number of rotatable bonds is 8. The van der Waals surface area contributed by atoms with Crippen molar-refractivity contribution in [3.05, 3.63) is 77.1 Å². The maximum atomic E-state index is 13.0. The number of nitrogens with zero attached hydrogens (tertiary/aromatic N) is 2. The lowest BCUT2D eigenvalue weighted by atomic mass is 10.2. The second-order valence-corrected chi connectivity index (χ2v) is 10.3. The number of ether oxygens (including phenoxy) is 3. The minimum Gasteiger partial charge on any atom is -0.495 e. The summed E-state index contributed by atoms with van der Waals surface area (Å²) in [5.74, 6) is -0.114. The number of sulfonamides is 1. The average molecular weight is 542 g/mol. The second kappa shape index (κ2) is 10.8. The van der Waals surface area contributed by atoms with Crippen LogP contribution in [0.5, 0.6) is 11.5 Å². The summed E-state index contributed by atoms with van der Waals surface area (Å²) in [6.45, 7) is -0.202. The highest BCUT2D eigenvalue weighted by Gasteiger charge is 2.19. The molecular weight excluding hydrogens is 518 g/mol. The van der Waals surface area contributed by atoms with Gasteiger partial charge in [-0.15, -0.1) is 0 Å². The lowest BCUT2D eigenvalue weighted by Gasteiger charge is -2.09. The van der Waals surface area contributed by atoms with Crippen LogP contribution in [0.3, 0.4) is 0 Å². The highest BCUT2D eigenvalue weighted by atomic mass is 32.2. The summed E-state index contributed by atoms with van der Waals surface area (Å²) >= 11 is 1.16. The molecule has 0 bridgehead atoms. The van der Waals surface area contributed by atoms with Crippen molar-refractivity contribution < 1.29 is 32.2 Å². The van der Waals surface area contributed by atoms with E-state index in [0.717, 1.165) is 11.3 Å². The fourth-order valence-electron chi connectivity index (χ4n) is 3.53. The Morgan fingerprint density at radius 3 is 2.19 bits per heavy atom. The van der Waals surface area contributed by atoms with Crippen molar-refractivity contribution >= 4 is 49.1 Å². The van der Waals surface area contributed by atoms with Gasteiger partial charge in [0.25, 0.3) is 15.9 Å². The number of carbonyl (C=O) groups excluding carboxylic acids is 2. The molecule has 0 aliphatic heterocycles. The fraction of sp³-hybridized carbons (Fsp3) is 0.160. The van der Waals surface area contributed by atoms with E-state index in [9.17, 15) is 18.0 Å². The molecule has 4 aromatic rings. The summed E-state index contributed by atoms with van der Waals surface area (Å²) in [6, 6.07) is 17.2. The predicted octanol–water partition coefficient (Wildman–Crippen LogP) is 3.43. The van der Waals surface area contributed by atoms with Crippen molar-refractivity contribution in [1.29, 1.82) is 0 Å². The molecule has 37 heavy (non-hydrogen) atoms. The molecule has 1 aromatic heterocycles. The fourth-order valence-corrected chi connectivity index (χ4v) is 5.74. The molecule has 1 heterocycles. The Balaban J connectivity index is 1.71. The van der Waals surface area contributed by atoms with Gasteiger partial charge in [-0.2, -0.15) is 4.99 Å². The van der Waals surface area contributed by atoms with E-state index in [2.05, 4.69) is 9.71 Å². The number of carbonyl (C=O) groups is 2. The van der Waals surface area contributed by atoms with Gasteiger partial charge in [0.05, 0.1) is 26.2 Å². The summed E-state index contributed by atoms with van der Waals surface area (Å²) in [5.41, 5.74) is 1.05. The predicted molar refractivity (Wildman–Crippen MR) is 139 cm³/mol. The van der Waals surface area contributed by atoms with Gasteiger partial charge < -0.3 is 18.8 Å². The van der Waals surface area contributed by atoms with Crippen LogP contribution in [-0.2, 0) is 26.1 Å². The van der Waals surface area contributed by atoms with Crippen molar-refractivity contribution in [3.8, 4) is 11.5 Å². The number of amides is 1. The van der Waals surface area contributed by atoms with E-state index in [1.165, 1.54) is 62.3 Å². The van der Waals surface area contributed by atoms with Crippen LogP contribution in [-0.4, -0.2) is 46.2 Å². The molecule has 0 saturated heterocycles. The second-order valence-electron chi connectivity index (χ2n) is 7.61. The summed E-state index contributed by atoms with van der Waals surface area (Å²) in [5, 5.41) is 0. The molecule has 1 N–H and O–H groups in total. The number of methoxy groups -OCH3 is 3. The van der Waals surface area contributed by atoms with Crippen molar-refractivity contribution in [1.82, 2.24) is 4.57 Å². The number of hydrogen-bond donors (Lipinski definition) is 1. The molecule has 0 aliphatic carbocycles. The molecule has 192 valence electrons. The van der Waals surface area contributed by atoms with Gasteiger partial charge in [0, 0.05) is 11.3 Å². The normalized spacial score (nSPS) is 11.8. The van der Waals surface area contributed by atoms with Gasteiger partial charge in [-0.25, -0.2) is 8.42 Å². The van der Waals surface area contributed by atoms with Crippen LogP contribution < -0.4 is 19.0 Å². The first-order valence-corrected chi connectivity index (χ1v) is 13.2. The van der Waals surface area contributed by atoms with E-state index < -0.39 is 21.9 Å². The van der Waals surface area contributed by atoms with E-state index in [-0.39, 0.29) is 27.5 Å². The van der Waals surface area contributed by atoms with Crippen LogP contribution in [0.25, 0.3) is 10.2 Å². The molecule has 0 atom stereocenters. The Kier molecular flexibility index (Phi) is 7.60. The van der Waals surface area contributed by atoms with Crippen LogP contribution in [0.1, 0.15) is 10.4 Å². The number of benzene rings is 3. The molecule has 10 nitrogen and oxygen atoms in total. The van der Waals surface area contributed by atoms with Crippen molar-refractivity contribution in [3.63, 3.8) is 0 Å². The Morgan fingerprint density at radius 2 is 1.57 bits per heavy atom. The highest BCUT2D eigenvalue weighted by molar-refractivity contribution is 7.92. The average Bonchev–Trinajstić information content (AvgIpc) is 3.26. The van der Waals surface area contributed by atoms with Crippen LogP contribution in [0.2, 0.25) is 0 Å². The minimum atomic E-state index is -3.77. The number of anilines is 1. The van der Waals surface area contributed by atoms with Crippen LogP contribution >= 0.6 is 11.3 Å². The van der Waals surface area contributed by atoms with Crippen LogP contribution in [0.15, 0.2) is 76.6 Å². The number of fused-ring (bicyclic) bond motifs is 1. The topological polar surface area (TPSA) is 125 Å². The van der Waals surface area contributed by atoms with E-state index >= 15 is 0 Å². The van der Waals surface area contributed by atoms with Gasteiger partial charge in [-0.05, 0) is 48.5 Å². The molecule has 0 spiro atoms. The number of esters is 1. The maximum absolute atomic E-state index is 13.0. The number of aromatic nitrogens is 1. The third kappa shape index (κ3) is 5.49. The lowest BCUT2D eigenvalue weighted by Crippen LogP contribution is -2.22. The Labute approximate surface area is 216 Å². The Hall–Kier alpha value is -4.16. The van der Waals surface area contributed by atoms with Gasteiger partial charge in [-0.1, -0.05) is 29.5 Å². The quantitative estimate of drug-likeness (QED) is 0.339. The van der Waals surface area contributed by atoms with Gasteiger partial charge >= 0.3 is 5.97 Å². The molecule has 0 aliphatic rings. The molecule has 0 saturated carbocycles. The monoisotopic (exact) mass is 541 g/mol. The molecule has 0 radical (unpaired) electrons. The molecule has 1 amide bonds. The lowest BCUT2D eigenvalue weighted by molar-refractivity contribution is -0.141. The van der Waals surface area contributed by atoms with E-state index in [0.29, 0.717) is 21.7 Å². The summed E-state index contributed by atoms with van der Waals surface area (Å²) in [6.07, 6.45) is 0. The molecule has 0 unspecified atom stereocenters. The Bertz CT molecular complexity index is 1620. The molecule has 4 rings (SSSR count). The number of hydrogen-bond acceptors (Lipinski definition) is 8. The zero-order valence-electron chi connectivity index (χ0n) is 20.1. The minimum absolute atomic E-state index is 0.121. The van der Waals surface area contributed by atoms with Gasteiger partial charge in [0.2, 0.25) is 0 Å². The van der Waals surface area contributed by atoms with E-state index in [1.807, 2.05) is 0 Å². The zero-order chi connectivity index (χ0) is 26.6. The molecule has 3 aromatic carbocycles. The molecule has 0 fully saturated rings. The summed E-state index contributed by atoms with van der Waals surface area (Å²) in [4.78, 5) is 29.8. The molecule has 12 heteroatoms. The van der Waals surface area contributed by atoms with Crippen molar-refractivity contribution in [2.45, 2.75) is 11.4 Å². The number of nitrogens with one attached hydrogen (secondary N) is 1. The van der Waals surface area contributed by atoms with E-state index in [1.54, 1.807) is 30.3 Å². The Morgan fingerprint density at radius 1 is 0.919 bits per heavy atom. The smallest absolute Gasteiger partial charge is 0.325 e. The van der Waals surface area contributed by atoms with E-state index in [4.69, 9.17) is 14.2 Å². The third-order valence-corrected chi connectivity index (χ3v) is 7.83. The number of thiazole rings is 1. The van der Waals surface area contributed by atoms with Crippen LogP contribution in [0, 0.1) is 0 Å². The van der Waals surface area contributed by atoms with Gasteiger partial charge in [-0.3, -0.25) is 14.3 Å². The zero-order valence-corrected chi connectivity index (χ0v) is 21.8. The van der Waals surface area contributed by atoms with Crippen LogP contribution in [0.4, 0.5) is 5.69 Å². The largest absolute Gasteiger partial charge is 0.495 e. The summed E-state index contributed by atoms with van der Waals surface area (Å²) < 4.78 is 45.5. The first-order chi connectivity index (χ1) is 17.8. The van der Waals surface area contributed by atoms with Gasteiger partial charge in [0.15, 0.2) is 4.80 Å². The van der Waals surface area contributed by atoms with Crippen molar-refractivity contribution in [2.24, 2.45) is 4.99 Å².